The molecule has 0 aliphatic carbocycles. The van der Waals surface area contributed by atoms with E-state index in [1.165, 1.54) is 5.56 Å². The molecule has 0 bridgehead atoms. The van der Waals surface area contributed by atoms with Crippen LogP contribution in [0.15, 0.2) is 52.9 Å². The molecule has 4 nitrogen and oxygen atoms in total. The lowest BCUT2D eigenvalue weighted by molar-refractivity contribution is 0.192. The van der Waals surface area contributed by atoms with E-state index in [4.69, 9.17) is 14.4 Å². The molecular formula is C22H22N2O2. The first-order valence-corrected chi connectivity index (χ1v) is 9.04. The molecule has 3 aromatic rings. The number of furan rings is 1. The van der Waals surface area contributed by atoms with Crippen molar-refractivity contribution in [2.75, 3.05) is 20.2 Å². The predicted octanol–water partition coefficient (Wildman–Crippen LogP) is 4.69. The van der Waals surface area contributed by atoms with Crippen LogP contribution in [0.5, 0.6) is 5.75 Å². The Morgan fingerprint density at radius 1 is 1.15 bits per heavy atom. The van der Waals surface area contributed by atoms with Crippen molar-refractivity contribution in [2.45, 2.75) is 25.3 Å². The second kappa shape index (κ2) is 7.23. The van der Waals surface area contributed by atoms with Crippen LogP contribution in [0, 0.1) is 11.3 Å². The van der Waals surface area contributed by atoms with Crippen molar-refractivity contribution < 1.29 is 9.15 Å². The lowest BCUT2D eigenvalue weighted by Gasteiger charge is -2.31. The highest BCUT2D eigenvalue weighted by atomic mass is 16.5. The van der Waals surface area contributed by atoms with E-state index in [2.05, 4.69) is 23.1 Å². The molecule has 0 saturated carbocycles. The van der Waals surface area contributed by atoms with E-state index in [9.17, 15) is 0 Å². The normalized spacial score (nSPS) is 15.8. The van der Waals surface area contributed by atoms with Gasteiger partial charge < -0.3 is 9.15 Å². The molecule has 0 N–H and O–H groups in total. The molecular weight excluding hydrogens is 324 g/mol. The Kier molecular flexibility index (Phi) is 4.64. The molecule has 2 heterocycles. The third-order valence-corrected chi connectivity index (χ3v) is 5.23. The van der Waals surface area contributed by atoms with Gasteiger partial charge in [0.05, 0.1) is 25.3 Å². The molecule has 0 atom stereocenters. The van der Waals surface area contributed by atoms with E-state index in [0.29, 0.717) is 5.92 Å². The molecule has 0 amide bonds. The minimum absolute atomic E-state index is 0.541. The van der Waals surface area contributed by atoms with Crippen LogP contribution < -0.4 is 4.74 Å². The predicted molar refractivity (Wildman–Crippen MR) is 101 cm³/mol. The van der Waals surface area contributed by atoms with Gasteiger partial charge >= 0.3 is 0 Å². The number of nitrogens with zero attached hydrogens (tertiary/aromatic N) is 2. The fraction of sp³-hybridized carbons (Fsp3) is 0.318. The van der Waals surface area contributed by atoms with Crippen LogP contribution in [-0.2, 0) is 6.54 Å². The van der Waals surface area contributed by atoms with E-state index in [1.54, 1.807) is 7.11 Å². The van der Waals surface area contributed by atoms with Crippen molar-refractivity contribution in [1.29, 1.82) is 5.26 Å². The molecule has 1 saturated heterocycles. The molecule has 4 rings (SSSR count). The summed E-state index contributed by atoms with van der Waals surface area (Å²) in [6, 6.07) is 18.3. The number of likely N-dealkylation sites (tertiary alicyclic amines) is 1. The third kappa shape index (κ3) is 3.44. The van der Waals surface area contributed by atoms with Crippen LogP contribution in [-0.4, -0.2) is 25.1 Å². The second-order valence-electron chi connectivity index (χ2n) is 6.90. The average Bonchev–Trinajstić information content (AvgIpc) is 3.09. The Balaban J connectivity index is 1.40. The van der Waals surface area contributed by atoms with Crippen molar-refractivity contribution in [3.8, 4) is 11.8 Å². The number of methoxy groups -OCH3 is 1. The molecule has 2 aromatic carbocycles. The molecule has 4 heteroatoms. The van der Waals surface area contributed by atoms with Crippen molar-refractivity contribution in [2.24, 2.45) is 0 Å². The minimum atomic E-state index is 0.541. The number of ether oxygens (including phenoxy) is 1. The van der Waals surface area contributed by atoms with Crippen molar-refractivity contribution >= 4 is 11.0 Å². The summed E-state index contributed by atoms with van der Waals surface area (Å²) in [5.41, 5.74) is 2.95. The summed E-state index contributed by atoms with van der Waals surface area (Å²) >= 11 is 0. The highest BCUT2D eigenvalue weighted by Gasteiger charge is 2.21. The van der Waals surface area contributed by atoms with Crippen LogP contribution in [0.4, 0.5) is 0 Å². The van der Waals surface area contributed by atoms with E-state index in [1.807, 2.05) is 36.4 Å². The van der Waals surface area contributed by atoms with Crippen LogP contribution in [0.25, 0.3) is 11.0 Å². The Hall–Kier alpha value is -2.77. The van der Waals surface area contributed by atoms with E-state index < -0.39 is 0 Å². The molecule has 1 aliphatic rings. The Morgan fingerprint density at radius 3 is 2.77 bits per heavy atom. The zero-order chi connectivity index (χ0) is 17.9. The molecule has 26 heavy (non-hydrogen) atoms. The van der Waals surface area contributed by atoms with Gasteiger partial charge in [0.25, 0.3) is 0 Å². The van der Waals surface area contributed by atoms with Crippen LogP contribution >= 0.6 is 0 Å². The third-order valence-electron chi connectivity index (χ3n) is 5.23. The first-order valence-electron chi connectivity index (χ1n) is 9.04. The summed E-state index contributed by atoms with van der Waals surface area (Å²) in [4.78, 5) is 2.44. The lowest BCUT2D eigenvalue weighted by Crippen LogP contribution is -2.32. The summed E-state index contributed by atoms with van der Waals surface area (Å²) in [5.74, 6) is 2.39. The number of rotatable bonds is 4. The number of piperidine rings is 1. The van der Waals surface area contributed by atoms with Crippen molar-refractivity contribution in [3.63, 3.8) is 0 Å². The van der Waals surface area contributed by atoms with Gasteiger partial charge in [0.2, 0.25) is 0 Å². The van der Waals surface area contributed by atoms with E-state index >= 15 is 0 Å². The lowest BCUT2D eigenvalue weighted by atomic mass is 9.88. The first kappa shape index (κ1) is 16.7. The van der Waals surface area contributed by atoms with Crippen LogP contribution in [0.3, 0.4) is 0 Å². The Morgan fingerprint density at radius 2 is 2.00 bits per heavy atom. The summed E-state index contributed by atoms with van der Waals surface area (Å²) in [6.07, 6.45) is 2.23. The van der Waals surface area contributed by atoms with E-state index in [0.717, 1.165) is 60.5 Å². The fourth-order valence-electron chi connectivity index (χ4n) is 3.79. The average molecular weight is 346 g/mol. The number of nitriles is 1. The number of fused-ring (bicyclic) bond motifs is 1. The zero-order valence-electron chi connectivity index (χ0n) is 14.9. The number of hydrogen-bond donors (Lipinski definition) is 0. The summed E-state index contributed by atoms with van der Waals surface area (Å²) in [6.45, 7) is 2.92. The van der Waals surface area contributed by atoms with Crippen molar-refractivity contribution in [1.82, 2.24) is 4.90 Å². The van der Waals surface area contributed by atoms with Gasteiger partial charge in [-0.25, -0.2) is 0 Å². The molecule has 0 radical (unpaired) electrons. The highest BCUT2D eigenvalue weighted by Crippen LogP contribution is 2.30. The van der Waals surface area contributed by atoms with Gasteiger partial charge in [-0.3, -0.25) is 4.90 Å². The van der Waals surface area contributed by atoms with Gasteiger partial charge in [-0.05, 0) is 73.8 Å². The standard InChI is InChI=1S/C22H22N2O2/c1-25-20-5-6-22-19(12-20)13-21(26-22)15-24-9-7-17(8-10-24)18-4-2-3-16(11-18)14-23/h2-6,11-13,17H,7-10,15H2,1H3. The van der Waals surface area contributed by atoms with Gasteiger partial charge in [-0.1, -0.05) is 12.1 Å². The monoisotopic (exact) mass is 346 g/mol. The summed E-state index contributed by atoms with van der Waals surface area (Å²) in [5, 5.41) is 10.2. The molecule has 0 unspecified atom stereocenters. The molecule has 132 valence electrons. The van der Waals surface area contributed by atoms with Crippen LogP contribution in [0.1, 0.15) is 35.6 Å². The van der Waals surface area contributed by atoms with Crippen LogP contribution in [0.2, 0.25) is 0 Å². The van der Waals surface area contributed by atoms with Gasteiger partial charge in [-0.15, -0.1) is 0 Å². The van der Waals surface area contributed by atoms with E-state index in [-0.39, 0.29) is 0 Å². The smallest absolute Gasteiger partial charge is 0.134 e. The second-order valence-corrected chi connectivity index (χ2v) is 6.90. The SMILES string of the molecule is COc1ccc2oc(CN3CCC(c4cccc(C#N)c4)CC3)cc2c1. The summed E-state index contributed by atoms with van der Waals surface area (Å²) < 4.78 is 11.3. The van der Waals surface area contributed by atoms with Gasteiger partial charge in [0, 0.05) is 5.39 Å². The minimum Gasteiger partial charge on any atom is -0.497 e. The maximum Gasteiger partial charge on any atom is 0.134 e. The maximum absolute atomic E-state index is 9.08. The molecule has 1 aromatic heterocycles. The topological polar surface area (TPSA) is 49.4 Å². The largest absolute Gasteiger partial charge is 0.497 e. The Labute approximate surface area is 153 Å². The maximum atomic E-state index is 9.08. The highest BCUT2D eigenvalue weighted by molar-refractivity contribution is 5.79. The van der Waals surface area contributed by atoms with Gasteiger partial charge in [0.1, 0.15) is 17.1 Å². The molecule has 1 fully saturated rings. The van der Waals surface area contributed by atoms with Crippen molar-refractivity contribution in [3.05, 3.63) is 65.4 Å². The molecule has 0 spiro atoms. The Bertz CT molecular complexity index is 946. The first-order chi connectivity index (χ1) is 12.7. The quantitative estimate of drug-likeness (QED) is 0.687. The summed E-state index contributed by atoms with van der Waals surface area (Å²) in [7, 11) is 1.68. The van der Waals surface area contributed by atoms with Gasteiger partial charge in [0.15, 0.2) is 0 Å². The molecule has 1 aliphatic heterocycles. The van der Waals surface area contributed by atoms with Gasteiger partial charge in [-0.2, -0.15) is 5.26 Å². The fourth-order valence-corrected chi connectivity index (χ4v) is 3.79. The number of hydrogen-bond acceptors (Lipinski definition) is 4. The number of benzene rings is 2. The zero-order valence-corrected chi connectivity index (χ0v) is 14.9.